The Morgan fingerprint density at radius 3 is 2.56 bits per heavy atom. The van der Waals surface area contributed by atoms with Gasteiger partial charge in [-0.15, -0.1) is 23.5 Å². The Morgan fingerprint density at radius 1 is 1.06 bits per heavy atom. The molecular formula is C25H23N3O4S2. The first-order valence-electron chi connectivity index (χ1n) is 10.8. The van der Waals surface area contributed by atoms with Gasteiger partial charge in [-0.1, -0.05) is 30.3 Å². The number of esters is 1. The van der Waals surface area contributed by atoms with E-state index in [9.17, 15) is 4.79 Å². The van der Waals surface area contributed by atoms with Crippen LogP contribution in [0.3, 0.4) is 0 Å². The number of methoxy groups -OCH3 is 1. The minimum absolute atomic E-state index is 0.141. The number of nitrogens with zero attached hydrogens (tertiary/aromatic N) is 2. The van der Waals surface area contributed by atoms with Crippen LogP contribution < -0.4 is 10.1 Å². The normalized spacial score (nSPS) is 13.8. The van der Waals surface area contributed by atoms with Gasteiger partial charge < -0.3 is 19.2 Å². The van der Waals surface area contributed by atoms with Gasteiger partial charge in [0, 0.05) is 29.2 Å². The number of aromatic nitrogens is 2. The third kappa shape index (κ3) is 4.85. The Balaban J connectivity index is 1.53. The predicted octanol–water partition coefficient (Wildman–Crippen LogP) is 5.33. The molecule has 1 N–H and O–H groups in total. The van der Waals surface area contributed by atoms with Gasteiger partial charge >= 0.3 is 5.97 Å². The molecule has 7 nitrogen and oxygen atoms in total. The summed E-state index contributed by atoms with van der Waals surface area (Å²) < 4.78 is 16.9. The molecule has 9 heteroatoms. The molecule has 1 aliphatic rings. The first kappa shape index (κ1) is 22.6. The molecule has 5 rings (SSSR count). The first-order valence-corrected chi connectivity index (χ1v) is 12.9. The molecule has 1 saturated heterocycles. The van der Waals surface area contributed by atoms with Gasteiger partial charge in [0.2, 0.25) is 5.71 Å². The second kappa shape index (κ2) is 10.4. The highest BCUT2D eigenvalue weighted by Gasteiger charge is 2.23. The Labute approximate surface area is 205 Å². The summed E-state index contributed by atoms with van der Waals surface area (Å²) in [6, 6.07) is 17.5. The van der Waals surface area contributed by atoms with Crippen molar-refractivity contribution in [3.63, 3.8) is 0 Å². The Bertz CT molecular complexity index is 1270. The van der Waals surface area contributed by atoms with Crippen LogP contribution in [-0.2, 0) is 9.53 Å². The standard InChI is InChI=1S/C25H23N3O4S2/c1-30-19(29)14-31-18-9-7-17(8-10-18)23-21(16-5-3-2-4-6-16)22-24(27-15-28-25(22)32-23)26-13-20-33-11-12-34-20/h2-10,15,20H,11-14H2,1H3,(H,26,27,28). The molecule has 0 saturated carbocycles. The first-order chi connectivity index (χ1) is 16.7. The fourth-order valence-corrected chi connectivity index (χ4v) is 6.42. The molecule has 3 heterocycles. The van der Waals surface area contributed by atoms with Crippen molar-refractivity contribution < 1.29 is 18.7 Å². The molecule has 4 aromatic rings. The average Bonchev–Trinajstić information content (AvgIpc) is 3.55. The van der Waals surface area contributed by atoms with Gasteiger partial charge in [0.15, 0.2) is 6.61 Å². The lowest BCUT2D eigenvalue weighted by atomic mass is 9.99. The highest BCUT2D eigenvalue weighted by molar-refractivity contribution is 8.20. The Hall–Kier alpha value is -3.17. The van der Waals surface area contributed by atoms with Crippen LogP contribution in [-0.4, -0.2) is 52.3 Å². The molecule has 34 heavy (non-hydrogen) atoms. The summed E-state index contributed by atoms with van der Waals surface area (Å²) in [4.78, 5) is 20.3. The van der Waals surface area contributed by atoms with Crippen LogP contribution in [0, 0.1) is 0 Å². The van der Waals surface area contributed by atoms with E-state index in [2.05, 4.69) is 32.2 Å². The highest BCUT2D eigenvalue weighted by atomic mass is 32.2. The number of hydrogen-bond acceptors (Lipinski definition) is 9. The maximum absolute atomic E-state index is 11.4. The summed E-state index contributed by atoms with van der Waals surface area (Å²) in [5, 5.41) is 4.39. The molecule has 0 aliphatic carbocycles. The fraction of sp³-hybridized carbons (Fsp3) is 0.240. The van der Waals surface area contributed by atoms with Crippen molar-refractivity contribution in [2.45, 2.75) is 4.58 Å². The van der Waals surface area contributed by atoms with Crippen molar-refractivity contribution in [3.8, 4) is 28.2 Å². The van der Waals surface area contributed by atoms with Crippen molar-refractivity contribution in [2.75, 3.05) is 37.1 Å². The molecule has 0 amide bonds. The van der Waals surface area contributed by atoms with Crippen molar-refractivity contribution in [1.82, 2.24) is 9.97 Å². The van der Waals surface area contributed by atoms with Gasteiger partial charge in [0.05, 0.1) is 17.1 Å². The number of rotatable bonds is 8. The number of furan rings is 1. The highest BCUT2D eigenvalue weighted by Crippen LogP contribution is 2.43. The number of nitrogens with one attached hydrogen (secondary N) is 1. The van der Waals surface area contributed by atoms with E-state index in [4.69, 9.17) is 9.15 Å². The smallest absolute Gasteiger partial charge is 0.343 e. The van der Waals surface area contributed by atoms with E-state index in [-0.39, 0.29) is 6.61 Å². The molecule has 1 fully saturated rings. The monoisotopic (exact) mass is 493 g/mol. The summed E-state index contributed by atoms with van der Waals surface area (Å²) in [5.74, 6) is 3.97. The van der Waals surface area contributed by atoms with Crippen LogP contribution in [0.1, 0.15) is 0 Å². The van der Waals surface area contributed by atoms with E-state index < -0.39 is 5.97 Å². The molecule has 2 aromatic carbocycles. The van der Waals surface area contributed by atoms with E-state index in [0.29, 0.717) is 21.8 Å². The van der Waals surface area contributed by atoms with Crippen LogP contribution in [0.25, 0.3) is 33.6 Å². The third-order valence-electron chi connectivity index (χ3n) is 5.38. The van der Waals surface area contributed by atoms with E-state index in [1.807, 2.05) is 53.9 Å². The number of ether oxygens (including phenoxy) is 2. The zero-order valence-electron chi connectivity index (χ0n) is 18.5. The molecule has 0 radical (unpaired) electrons. The Kier molecular flexibility index (Phi) is 6.92. The minimum atomic E-state index is -0.430. The van der Waals surface area contributed by atoms with Gasteiger partial charge in [-0.25, -0.2) is 14.8 Å². The van der Waals surface area contributed by atoms with Gasteiger partial charge in [-0.05, 0) is 29.8 Å². The zero-order valence-corrected chi connectivity index (χ0v) is 20.2. The van der Waals surface area contributed by atoms with E-state index in [1.54, 1.807) is 12.1 Å². The van der Waals surface area contributed by atoms with Crippen molar-refractivity contribution in [3.05, 3.63) is 60.9 Å². The topological polar surface area (TPSA) is 86.5 Å². The van der Waals surface area contributed by atoms with Crippen LogP contribution in [0.4, 0.5) is 5.82 Å². The minimum Gasteiger partial charge on any atom is -0.482 e. The van der Waals surface area contributed by atoms with Crippen molar-refractivity contribution in [2.24, 2.45) is 0 Å². The molecule has 0 bridgehead atoms. The maximum Gasteiger partial charge on any atom is 0.343 e. The quantitative estimate of drug-likeness (QED) is 0.327. The zero-order chi connectivity index (χ0) is 23.3. The summed E-state index contributed by atoms with van der Waals surface area (Å²) in [7, 11) is 1.33. The second-order valence-electron chi connectivity index (χ2n) is 7.52. The van der Waals surface area contributed by atoms with E-state index in [1.165, 1.54) is 24.9 Å². The summed E-state index contributed by atoms with van der Waals surface area (Å²) in [6.07, 6.45) is 1.53. The number of thioether (sulfide) groups is 2. The number of benzene rings is 2. The lowest BCUT2D eigenvalue weighted by Crippen LogP contribution is -2.12. The second-order valence-corrected chi connectivity index (χ2v) is 10.4. The summed E-state index contributed by atoms with van der Waals surface area (Å²) in [6.45, 7) is 0.681. The molecule has 0 spiro atoms. The van der Waals surface area contributed by atoms with Crippen molar-refractivity contribution >= 4 is 46.4 Å². The number of hydrogen-bond donors (Lipinski definition) is 1. The summed E-state index contributed by atoms with van der Waals surface area (Å²) >= 11 is 3.94. The molecular weight excluding hydrogens is 470 g/mol. The van der Waals surface area contributed by atoms with Crippen molar-refractivity contribution in [1.29, 1.82) is 0 Å². The lowest BCUT2D eigenvalue weighted by molar-refractivity contribution is -0.142. The van der Waals surface area contributed by atoms with E-state index in [0.717, 1.165) is 34.4 Å². The fourth-order valence-electron chi connectivity index (χ4n) is 3.76. The number of carbonyl (C=O) groups is 1. The third-order valence-corrected chi connectivity index (χ3v) is 8.41. The van der Waals surface area contributed by atoms with Gasteiger partial charge in [-0.2, -0.15) is 0 Å². The number of carbonyl (C=O) groups excluding carboxylic acids is 1. The SMILES string of the molecule is COC(=O)COc1ccc(-c2oc3ncnc(NCC4SCCS4)c3c2-c2ccccc2)cc1. The lowest BCUT2D eigenvalue weighted by Gasteiger charge is -2.11. The van der Waals surface area contributed by atoms with Gasteiger partial charge in [0.1, 0.15) is 23.7 Å². The number of fused-ring (bicyclic) bond motifs is 1. The molecule has 174 valence electrons. The molecule has 1 aliphatic heterocycles. The van der Waals surface area contributed by atoms with Crippen LogP contribution in [0.15, 0.2) is 65.3 Å². The van der Waals surface area contributed by atoms with Crippen LogP contribution in [0.5, 0.6) is 5.75 Å². The van der Waals surface area contributed by atoms with Gasteiger partial charge in [0.25, 0.3) is 0 Å². The maximum atomic E-state index is 11.4. The predicted molar refractivity (Wildman–Crippen MR) is 137 cm³/mol. The molecule has 2 aromatic heterocycles. The average molecular weight is 494 g/mol. The van der Waals surface area contributed by atoms with Gasteiger partial charge in [-0.3, -0.25) is 0 Å². The molecule has 0 atom stereocenters. The van der Waals surface area contributed by atoms with Crippen LogP contribution >= 0.6 is 23.5 Å². The number of anilines is 1. The van der Waals surface area contributed by atoms with Crippen LogP contribution in [0.2, 0.25) is 0 Å². The van der Waals surface area contributed by atoms with E-state index >= 15 is 0 Å². The summed E-state index contributed by atoms with van der Waals surface area (Å²) in [5.41, 5.74) is 3.36. The largest absolute Gasteiger partial charge is 0.482 e. The Morgan fingerprint density at radius 2 is 1.82 bits per heavy atom. The molecule has 0 unspecified atom stereocenters.